The SMILES string of the molecule is Cc1ccc(S(=O)(=O)n2cc(CC(C)(C)C)c3ccccc32)cc1. The maximum Gasteiger partial charge on any atom is 0.268 e. The molecule has 0 radical (unpaired) electrons. The average Bonchev–Trinajstić information content (AvgIpc) is 2.86. The van der Waals surface area contributed by atoms with Crippen molar-refractivity contribution in [3.05, 3.63) is 65.9 Å². The Labute approximate surface area is 144 Å². The minimum absolute atomic E-state index is 0.0859. The van der Waals surface area contributed by atoms with Gasteiger partial charge < -0.3 is 0 Å². The van der Waals surface area contributed by atoms with Gasteiger partial charge in [-0.05, 0) is 42.5 Å². The fourth-order valence-corrected chi connectivity index (χ4v) is 4.34. The van der Waals surface area contributed by atoms with E-state index >= 15 is 0 Å². The summed E-state index contributed by atoms with van der Waals surface area (Å²) in [5, 5.41) is 1.00. The maximum atomic E-state index is 13.1. The molecule has 4 heteroatoms. The number of para-hydroxylation sites is 1. The highest BCUT2D eigenvalue weighted by atomic mass is 32.2. The van der Waals surface area contributed by atoms with E-state index in [-0.39, 0.29) is 5.41 Å². The van der Waals surface area contributed by atoms with Crippen molar-refractivity contribution in [3.8, 4) is 0 Å². The number of aryl methyl sites for hydroxylation is 1. The molecule has 1 heterocycles. The molecule has 0 fully saturated rings. The van der Waals surface area contributed by atoms with E-state index in [1.54, 1.807) is 18.3 Å². The third kappa shape index (κ3) is 3.11. The van der Waals surface area contributed by atoms with Gasteiger partial charge in [0.25, 0.3) is 10.0 Å². The molecule has 0 aliphatic carbocycles. The summed E-state index contributed by atoms with van der Waals surface area (Å²) in [5.41, 5.74) is 2.92. The summed E-state index contributed by atoms with van der Waals surface area (Å²) in [6, 6.07) is 14.7. The number of hydrogen-bond acceptors (Lipinski definition) is 2. The third-order valence-electron chi connectivity index (χ3n) is 4.06. The Kier molecular flexibility index (Phi) is 4.04. The van der Waals surface area contributed by atoms with Gasteiger partial charge in [-0.25, -0.2) is 12.4 Å². The number of nitrogens with zero attached hydrogens (tertiary/aromatic N) is 1. The Balaban J connectivity index is 2.21. The third-order valence-corrected chi connectivity index (χ3v) is 5.75. The van der Waals surface area contributed by atoms with E-state index in [1.165, 1.54) is 3.97 Å². The van der Waals surface area contributed by atoms with Crippen molar-refractivity contribution in [2.24, 2.45) is 5.41 Å². The lowest BCUT2D eigenvalue weighted by molar-refractivity contribution is 0.412. The predicted molar refractivity (Wildman–Crippen MR) is 98.9 cm³/mol. The fourth-order valence-electron chi connectivity index (χ4n) is 2.95. The molecule has 0 saturated carbocycles. The van der Waals surface area contributed by atoms with Crippen molar-refractivity contribution in [3.63, 3.8) is 0 Å². The predicted octanol–water partition coefficient (Wildman–Crippen LogP) is 4.78. The molecular formula is C20H23NO2S. The van der Waals surface area contributed by atoms with Gasteiger partial charge in [-0.2, -0.15) is 0 Å². The van der Waals surface area contributed by atoms with Crippen LogP contribution in [0.15, 0.2) is 59.6 Å². The lowest BCUT2D eigenvalue weighted by atomic mass is 9.88. The molecule has 0 saturated heterocycles. The van der Waals surface area contributed by atoms with E-state index < -0.39 is 10.0 Å². The van der Waals surface area contributed by atoms with Crippen molar-refractivity contribution < 1.29 is 8.42 Å². The zero-order valence-corrected chi connectivity index (χ0v) is 15.4. The minimum atomic E-state index is -3.60. The molecule has 0 amide bonds. The highest BCUT2D eigenvalue weighted by molar-refractivity contribution is 7.90. The Morgan fingerprint density at radius 2 is 1.58 bits per heavy atom. The second kappa shape index (κ2) is 5.78. The van der Waals surface area contributed by atoms with E-state index in [2.05, 4.69) is 20.8 Å². The first-order chi connectivity index (χ1) is 11.2. The first-order valence-corrected chi connectivity index (χ1v) is 9.54. The van der Waals surface area contributed by atoms with Crippen LogP contribution in [0.2, 0.25) is 0 Å². The van der Waals surface area contributed by atoms with Crippen LogP contribution in [0, 0.1) is 12.3 Å². The summed E-state index contributed by atoms with van der Waals surface area (Å²) in [6.07, 6.45) is 2.61. The molecule has 0 spiro atoms. The first-order valence-electron chi connectivity index (χ1n) is 8.10. The average molecular weight is 341 g/mol. The van der Waals surface area contributed by atoms with Crippen LogP contribution in [-0.2, 0) is 16.4 Å². The van der Waals surface area contributed by atoms with Crippen molar-refractivity contribution in [2.45, 2.75) is 39.0 Å². The second-order valence-electron chi connectivity index (χ2n) is 7.52. The summed E-state index contributed by atoms with van der Waals surface area (Å²) in [7, 11) is -3.60. The molecule has 0 atom stereocenters. The number of aromatic nitrogens is 1. The van der Waals surface area contributed by atoms with Crippen LogP contribution in [-0.4, -0.2) is 12.4 Å². The quantitative estimate of drug-likeness (QED) is 0.688. The summed E-state index contributed by atoms with van der Waals surface area (Å²) < 4.78 is 27.6. The largest absolute Gasteiger partial charge is 0.268 e. The Morgan fingerprint density at radius 3 is 2.21 bits per heavy atom. The van der Waals surface area contributed by atoms with E-state index in [0.717, 1.165) is 28.5 Å². The molecule has 0 aliphatic rings. The smallest absolute Gasteiger partial charge is 0.241 e. The fraction of sp³-hybridized carbons (Fsp3) is 0.300. The maximum absolute atomic E-state index is 13.1. The molecule has 0 aliphatic heterocycles. The molecule has 3 aromatic rings. The number of fused-ring (bicyclic) bond motifs is 1. The highest BCUT2D eigenvalue weighted by Crippen LogP contribution is 2.30. The van der Waals surface area contributed by atoms with Crippen molar-refractivity contribution in [1.29, 1.82) is 0 Å². The second-order valence-corrected chi connectivity index (χ2v) is 9.34. The molecular weight excluding hydrogens is 318 g/mol. The van der Waals surface area contributed by atoms with Crippen LogP contribution in [0.25, 0.3) is 10.9 Å². The Bertz CT molecular complexity index is 975. The van der Waals surface area contributed by atoms with Crippen LogP contribution in [0.4, 0.5) is 0 Å². The lowest BCUT2D eigenvalue weighted by Gasteiger charge is -2.17. The first kappa shape index (κ1) is 16.8. The summed E-state index contributed by atoms with van der Waals surface area (Å²) >= 11 is 0. The van der Waals surface area contributed by atoms with Crippen molar-refractivity contribution >= 4 is 20.9 Å². The van der Waals surface area contributed by atoms with Crippen LogP contribution < -0.4 is 0 Å². The molecule has 3 nitrogen and oxygen atoms in total. The van der Waals surface area contributed by atoms with Crippen LogP contribution in [0.3, 0.4) is 0 Å². The van der Waals surface area contributed by atoms with Gasteiger partial charge >= 0.3 is 0 Å². The van der Waals surface area contributed by atoms with Crippen LogP contribution >= 0.6 is 0 Å². The van der Waals surface area contributed by atoms with Gasteiger partial charge in [-0.1, -0.05) is 56.7 Å². The molecule has 0 N–H and O–H groups in total. The van der Waals surface area contributed by atoms with Crippen molar-refractivity contribution in [1.82, 2.24) is 3.97 Å². The standard InChI is InChI=1S/C20H23NO2S/c1-15-9-11-17(12-10-15)24(22,23)21-14-16(13-20(2,3)4)18-7-5-6-8-19(18)21/h5-12,14H,13H2,1-4H3. The molecule has 126 valence electrons. The van der Waals surface area contributed by atoms with Gasteiger partial charge in [0, 0.05) is 11.6 Å². The van der Waals surface area contributed by atoms with E-state index in [9.17, 15) is 8.42 Å². The van der Waals surface area contributed by atoms with Gasteiger partial charge in [0.05, 0.1) is 10.4 Å². The van der Waals surface area contributed by atoms with Crippen LogP contribution in [0.5, 0.6) is 0 Å². The van der Waals surface area contributed by atoms with Gasteiger partial charge in [-0.3, -0.25) is 0 Å². The van der Waals surface area contributed by atoms with Gasteiger partial charge in [0.2, 0.25) is 0 Å². The van der Waals surface area contributed by atoms with E-state index in [1.807, 2.05) is 43.3 Å². The lowest BCUT2D eigenvalue weighted by Crippen LogP contribution is -2.12. The molecule has 3 rings (SSSR count). The minimum Gasteiger partial charge on any atom is -0.241 e. The number of benzene rings is 2. The number of hydrogen-bond donors (Lipinski definition) is 0. The molecule has 0 unspecified atom stereocenters. The summed E-state index contributed by atoms with van der Waals surface area (Å²) in [6.45, 7) is 8.43. The zero-order valence-electron chi connectivity index (χ0n) is 14.6. The number of rotatable bonds is 3. The van der Waals surface area contributed by atoms with Crippen molar-refractivity contribution in [2.75, 3.05) is 0 Å². The summed E-state index contributed by atoms with van der Waals surface area (Å²) in [5.74, 6) is 0. The molecule has 24 heavy (non-hydrogen) atoms. The summed E-state index contributed by atoms with van der Waals surface area (Å²) in [4.78, 5) is 0.316. The monoisotopic (exact) mass is 341 g/mol. The molecule has 2 aromatic carbocycles. The molecule has 1 aromatic heterocycles. The Morgan fingerprint density at radius 1 is 0.958 bits per heavy atom. The van der Waals surface area contributed by atoms with Gasteiger partial charge in [0.15, 0.2) is 0 Å². The zero-order chi connectivity index (χ0) is 17.5. The van der Waals surface area contributed by atoms with E-state index in [0.29, 0.717) is 4.90 Å². The topological polar surface area (TPSA) is 39.1 Å². The Hall–Kier alpha value is -2.07. The van der Waals surface area contributed by atoms with Crippen LogP contribution in [0.1, 0.15) is 31.9 Å². The van der Waals surface area contributed by atoms with E-state index in [4.69, 9.17) is 0 Å². The van der Waals surface area contributed by atoms with Gasteiger partial charge in [0.1, 0.15) is 0 Å². The highest BCUT2D eigenvalue weighted by Gasteiger charge is 2.23. The molecule has 0 bridgehead atoms. The van der Waals surface area contributed by atoms with Gasteiger partial charge in [-0.15, -0.1) is 0 Å². The normalized spacial score (nSPS) is 12.7.